The standard InChI is InChI=1S/C19H17ClN4S2/c20-15-4-6-16(7-5-15)22-19-24(10-2-9-23-11-8-21-14-23)17(13-26-19)18-3-1-12-25-18/h1,3-8,11-14H,2,9-10H2. The molecule has 3 aromatic heterocycles. The summed E-state index contributed by atoms with van der Waals surface area (Å²) >= 11 is 9.41. The molecular weight excluding hydrogens is 384 g/mol. The van der Waals surface area contributed by atoms with E-state index < -0.39 is 0 Å². The molecule has 0 atom stereocenters. The largest absolute Gasteiger partial charge is 0.337 e. The van der Waals surface area contributed by atoms with Gasteiger partial charge in [0, 0.05) is 35.9 Å². The Kier molecular flexibility index (Phi) is 5.34. The Bertz CT molecular complexity index is 1010. The lowest BCUT2D eigenvalue weighted by atomic mass is 10.3. The molecule has 0 bridgehead atoms. The van der Waals surface area contributed by atoms with Gasteiger partial charge in [-0.25, -0.2) is 9.98 Å². The van der Waals surface area contributed by atoms with Crippen LogP contribution in [0.15, 0.2) is 70.9 Å². The Balaban J connectivity index is 1.65. The summed E-state index contributed by atoms with van der Waals surface area (Å²) in [7, 11) is 0. The Morgan fingerprint density at radius 2 is 1.96 bits per heavy atom. The number of hydrogen-bond acceptors (Lipinski definition) is 4. The van der Waals surface area contributed by atoms with Crippen molar-refractivity contribution in [1.82, 2.24) is 14.1 Å². The molecule has 0 saturated heterocycles. The number of halogens is 1. The van der Waals surface area contributed by atoms with E-state index in [0.717, 1.165) is 35.0 Å². The molecule has 0 radical (unpaired) electrons. The fourth-order valence-corrected chi connectivity index (χ4v) is 4.61. The SMILES string of the molecule is Clc1ccc(N=c2scc(-c3cccs3)n2CCCn2ccnc2)cc1. The van der Waals surface area contributed by atoms with Crippen molar-refractivity contribution in [3.63, 3.8) is 0 Å². The van der Waals surface area contributed by atoms with Gasteiger partial charge >= 0.3 is 0 Å². The quantitative estimate of drug-likeness (QED) is 0.423. The highest BCUT2D eigenvalue weighted by molar-refractivity contribution is 7.14. The molecule has 0 amide bonds. The second-order valence-corrected chi connectivity index (χ2v) is 8.00. The van der Waals surface area contributed by atoms with E-state index in [9.17, 15) is 0 Å². The van der Waals surface area contributed by atoms with Crippen molar-refractivity contribution in [3.05, 3.63) is 75.7 Å². The van der Waals surface area contributed by atoms with E-state index in [1.54, 1.807) is 22.7 Å². The molecule has 0 saturated carbocycles. The van der Waals surface area contributed by atoms with E-state index in [0.29, 0.717) is 0 Å². The molecule has 0 unspecified atom stereocenters. The monoisotopic (exact) mass is 400 g/mol. The summed E-state index contributed by atoms with van der Waals surface area (Å²) in [4.78, 5) is 11.2. The lowest BCUT2D eigenvalue weighted by Crippen LogP contribution is -2.16. The molecule has 4 aromatic rings. The van der Waals surface area contributed by atoms with Crippen LogP contribution in [-0.2, 0) is 13.1 Å². The van der Waals surface area contributed by atoms with Gasteiger partial charge in [0.25, 0.3) is 0 Å². The first-order valence-corrected chi connectivity index (χ1v) is 10.4. The van der Waals surface area contributed by atoms with Gasteiger partial charge in [-0.15, -0.1) is 22.7 Å². The number of thiophene rings is 1. The van der Waals surface area contributed by atoms with Gasteiger partial charge < -0.3 is 9.13 Å². The summed E-state index contributed by atoms with van der Waals surface area (Å²) in [5.74, 6) is 0. The Morgan fingerprint density at radius 1 is 1.08 bits per heavy atom. The van der Waals surface area contributed by atoms with Crippen LogP contribution in [0.25, 0.3) is 10.6 Å². The van der Waals surface area contributed by atoms with Gasteiger partial charge in [-0.05, 0) is 42.1 Å². The molecule has 3 heterocycles. The van der Waals surface area contributed by atoms with Gasteiger partial charge in [0.2, 0.25) is 0 Å². The maximum atomic E-state index is 5.98. The van der Waals surface area contributed by atoms with Gasteiger partial charge in [-0.3, -0.25) is 0 Å². The summed E-state index contributed by atoms with van der Waals surface area (Å²) in [6.45, 7) is 1.84. The molecule has 0 aliphatic rings. The first-order chi connectivity index (χ1) is 12.8. The topological polar surface area (TPSA) is 35.1 Å². The Morgan fingerprint density at radius 3 is 2.69 bits per heavy atom. The highest BCUT2D eigenvalue weighted by Crippen LogP contribution is 2.26. The highest BCUT2D eigenvalue weighted by Gasteiger charge is 2.09. The van der Waals surface area contributed by atoms with Gasteiger partial charge in [0.15, 0.2) is 4.80 Å². The normalized spacial score (nSPS) is 12.0. The van der Waals surface area contributed by atoms with E-state index in [2.05, 4.69) is 37.0 Å². The number of imidazole rings is 1. The molecule has 0 aliphatic heterocycles. The fraction of sp³-hybridized carbons (Fsp3) is 0.158. The fourth-order valence-electron chi connectivity index (χ4n) is 2.71. The van der Waals surface area contributed by atoms with Gasteiger partial charge in [0.1, 0.15) is 0 Å². The van der Waals surface area contributed by atoms with Gasteiger partial charge in [0.05, 0.1) is 22.6 Å². The number of hydrogen-bond donors (Lipinski definition) is 0. The summed E-state index contributed by atoms with van der Waals surface area (Å²) < 4.78 is 4.41. The van der Waals surface area contributed by atoms with Crippen molar-refractivity contribution in [1.29, 1.82) is 0 Å². The minimum absolute atomic E-state index is 0.725. The number of aryl methyl sites for hydroxylation is 1. The first kappa shape index (κ1) is 17.3. The summed E-state index contributed by atoms with van der Waals surface area (Å²) in [5.41, 5.74) is 2.14. The number of aromatic nitrogens is 3. The summed E-state index contributed by atoms with van der Waals surface area (Å²) in [6.07, 6.45) is 6.68. The van der Waals surface area contributed by atoms with Gasteiger partial charge in [-0.2, -0.15) is 0 Å². The second kappa shape index (κ2) is 8.03. The first-order valence-electron chi connectivity index (χ1n) is 8.28. The van der Waals surface area contributed by atoms with Crippen LogP contribution in [0, 0.1) is 0 Å². The number of thiazole rings is 1. The average Bonchev–Trinajstić information content (AvgIpc) is 3.39. The predicted octanol–water partition coefficient (Wildman–Crippen LogP) is 5.45. The number of benzene rings is 1. The zero-order valence-corrected chi connectivity index (χ0v) is 16.3. The van der Waals surface area contributed by atoms with Crippen molar-refractivity contribution < 1.29 is 0 Å². The van der Waals surface area contributed by atoms with Crippen molar-refractivity contribution >= 4 is 40.0 Å². The molecule has 0 fully saturated rings. The minimum atomic E-state index is 0.725. The van der Waals surface area contributed by atoms with Crippen LogP contribution in [0.5, 0.6) is 0 Å². The average molecular weight is 401 g/mol. The van der Waals surface area contributed by atoms with Crippen molar-refractivity contribution in [2.75, 3.05) is 0 Å². The van der Waals surface area contributed by atoms with Crippen molar-refractivity contribution in [2.24, 2.45) is 4.99 Å². The van der Waals surface area contributed by atoms with E-state index in [1.807, 2.05) is 43.0 Å². The van der Waals surface area contributed by atoms with Crippen LogP contribution < -0.4 is 4.80 Å². The molecule has 0 spiro atoms. The molecule has 132 valence electrons. The molecule has 26 heavy (non-hydrogen) atoms. The summed E-state index contributed by atoms with van der Waals surface area (Å²) in [6, 6.07) is 11.9. The van der Waals surface area contributed by atoms with Crippen LogP contribution in [0.1, 0.15) is 6.42 Å². The molecule has 4 rings (SSSR count). The number of nitrogens with zero attached hydrogens (tertiary/aromatic N) is 4. The molecule has 0 aliphatic carbocycles. The molecule has 0 N–H and O–H groups in total. The molecule has 4 nitrogen and oxygen atoms in total. The molecular formula is C19H17ClN4S2. The van der Waals surface area contributed by atoms with Crippen LogP contribution in [0.4, 0.5) is 5.69 Å². The summed E-state index contributed by atoms with van der Waals surface area (Å²) in [5, 5.41) is 5.03. The zero-order valence-electron chi connectivity index (χ0n) is 14.0. The van der Waals surface area contributed by atoms with Crippen LogP contribution in [-0.4, -0.2) is 14.1 Å². The lowest BCUT2D eigenvalue weighted by Gasteiger charge is -2.08. The van der Waals surface area contributed by atoms with Crippen molar-refractivity contribution in [3.8, 4) is 10.6 Å². The van der Waals surface area contributed by atoms with E-state index in [-0.39, 0.29) is 0 Å². The van der Waals surface area contributed by atoms with Crippen LogP contribution in [0.3, 0.4) is 0 Å². The Labute approximate surface area is 164 Å². The third kappa shape index (κ3) is 3.98. The highest BCUT2D eigenvalue weighted by atomic mass is 35.5. The third-order valence-electron chi connectivity index (χ3n) is 3.98. The van der Waals surface area contributed by atoms with E-state index in [4.69, 9.17) is 16.6 Å². The second-order valence-electron chi connectivity index (χ2n) is 5.77. The van der Waals surface area contributed by atoms with E-state index >= 15 is 0 Å². The third-order valence-corrected chi connectivity index (χ3v) is 5.99. The van der Waals surface area contributed by atoms with E-state index in [1.165, 1.54) is 10.6 Å². The maximum Gasteiger partial charge on any atom is 0.190 e. The minimum Gasteiger partial charge on any atom is -0.337 e. The number of rotatable bonds is 6. The smallest absolute Gasteiger partial charge is 0.190 e. The van der Waals surface area contributed by atoms with Crippen LogP contribution >= 0.6 is 34.3 Å². The predicted molar refractivity (Wildman–Crippen MR) is 109 cm³/mol. The molecule has 1 aromatic carbocycles. The Hall–Kier alpha value is -2.15. The van der Waals surface area contributed by atoms with Crippen LogP contribution in [0.2, 0.25) is 5.02 Å². The maximum absolute atomic E-state index is 5.98. The zero-order chi connectivity index (χ0) is 17.8. The lowest BCUT2D eigenvalue weighted by molar-refractivity contribution is 0.559. The molecule has 7 heteroatoms. The van der Waals surface area contributed by atoms with Crippen molar-refractivity contribution in [2.45, 2.75) is 19.5 Å². The van der Waals surface area contributed by atoms with Gasteiger partial charge in [-0.1, -0.05) is 17.7 Å².